The van der Waals surface area contributed by atoms with Crippen molar-refractivity contribution in [2.75, 3.05) is 6.54 Å². The zero-order valence-electron chi connectivity index (χ0n) is 15.6. The molecule has 150 valence electrons. The minimum atomic E-state index is -3.63. The molecule has 0 radical (unpaired) electrons. The lowest BCUT2D eigenvalue weighted by Crippen LogP contribution is -2.55. The predicted octanol–water partition coefficient (Wildman–Crippen LogP) is 2.75. The Morgan fingerprint density at radius 2 is 1.85 bits per heavy atom. The maximum absolute atomic E-state index is 12.4. The Balaban J connectivity index is 0.00000364. The molecule has 1 aromatic heterocycles. The van der Waals surface area contributed by atoms with Gasteiger partial charge in [0.1, 0.15) is 0 Å². The van der Waals surface area contributed by atoms with E-state index in [0.29, 0.717) is 12.1 Å². The second-order valence-corrected chi connectivity index (χ2v) is 9.46. The van der Waals surface area contributed by atoms with Crippen LogP contribution >= 0.6 is 23.7 Å². The van der Waals surface area contributed by atoms with Gasteiger partial charge in [-0.05, 0) is 48.6 Å². The molecule has 0 aliphatic heterocycles. The fourth-order valence-electron chi connectivity index (χ4n) is 2.21. The van der Waals surface area contributed by atoms with Crippen molar-refractivity contribution in [1.82, 2.24) is 10.0 Å². The van der Waals surface area contributed by atoms with Gasteiger partial charge in [-0.25, -0.2) is 13.1 Å². The lowest BCUT2D eigenvalue weighted by Gasteiger charge is -2.33. The summed E-state index contributed by atoms with van der Waals surface area (Å²) in [5.74, 6) is -0.111. The SMILES string of the molecule is CC(C)C(C)(CN)NC(=O)c1ccc(S(=O)(=O)NCc2cccs2)cc1.Cl. The zero-order valence-corrected chi connectivity index (χ0v) is 18.0. The molecule has 1 atom stereocenters. The number of amides is 1. The number of halogens is 1. The number of hydrogen-bond donors (Lipinski definition) is 3. The van der Waals surface area contributed by atoms with Gasteiger partial charge in [0.05, 0.1) is 10.4 Å². The average molecular weight is 432 g/mol. The first kappa shape index (κ1) is 23.6. The van der Waals surface area contributed by atoms with Gasteiger partial charge in [-0.15, -0.1) is 23.7 Å². The summed E-state index contributed by atoms with van der Waals surface area (Å²) in [5, 5.41) is 4.83. The van der Waals surface area contributed by atoms with E-state index in [1.807, 2.05) is 38.3 Å². The van der Waals surface area contributed by atoms with Gasteiger partial charge < -0.3 is 11.1 Å². The fraction of sp³-hybridized carbons (Fsp3) is 0.389. The Morgan fingerprint density at radius 3 is 2.33 bits per heavy atom. The molecule has 0 saturated heterocycles. The highest BCUT2D eigenvalue weighted by Crippen LogP contribution is 2.17. The van der Waals surface area contributed by atoms with Crippen molar-refractivity contribution in [1.29, 1.82) is 0 Å². The molecule has 27 heavy (non-hydrogen) atoms. The summed E-state index contributed by atoms with van der Waals surface area (Å²) >= 11 is 1.48. The van der Waals surface area contributed by atoms with Crippen molar-refractivity contribution in [3.8, 4) is 0 Å². The summed E-state index contributed by atoms with van der Waals surface area (Å²) < 4.78 is 27.3. The van der Waals surface area contributed by atoms with E-state index in [1.54, 1.807) is 0 Å². The Hall–Kier alpha value is -1.45. The standard InChI is InChI=1S/C18H25N3O3S2.ClH/c1-13(2)18(3,12-19)21-17(22)14-6-8-16(9-7-14)26(23,24)20-11-15-5-4-10-25-15;/h4-10,13,20H,11-12,19H2,1-3H3,(H,21,22);1H. The fourth-order valence-corrected chi connectivity index (χ4v) is 3.95. The van der Waals surface area contributed by atoms with E-state index < -0.39 is 15.6 Å². The van der Waals surface area contributed by atoms with Gasteiger partial charge in [0, 0.05) is 23.5 Å². The maximum Gasteiger partial charge on any atom is 0.251 e. The minimum absolute atomic E-state index is 0. The quantitative estimate of drug-likeness (QED) is 0.598. The molecule has 0 fully saturated rings. The highest BCUT2D eigenvalue weighted by molar-refractivity contribution is 7.89. The van der Waals surface area contributed by atoms with Gasteiger partial charge in [0.15, 0.2) is 0 Å². The van der Waals surface area contributed by atoms with Crippen LogP contribution in [0.4, 0.5) is 0 Å². The van der Waals surface area contributed by atoms with Crippen molar-refractivity contribution in [3.63, 3.8) is 0 Å². The molecule has 1 heterocycles. The highest BCUT2D eigenvalue weighted by Gasteiger charge is 2.29. The van der Waals surface area contributed by atoms with Crippen LogP contribution in [-0.4, -0.2) is 26.4 Å². The van der Waals surface area contributed by atoms with Gasteiger partial charge in [-0.1, -0.05) is 19.9 Å². The third-order valence-electron chi connectivity index (χ3n) is 4.54. The Kier molecular flexibility index (Phi) is 8.44. The minimum Gasteiger partial charge on any atom is -0.345 e. The van der Waals surface area contributed by atoms with Crippen LogP contribution in [0.5, 0.6) is 0 Å². The van der Waals surface area contributed by atoms with E-state index in [0.717, 1.165) is 4.88 Å². The lowest BCUT2D eigenvalue weighted by molar-refractivity contribution is 0.0883. The molecule has 0 aliphatic rings. The summed E-state index contributed by atoms with van der Waals surface area (Å²) in [5.41, 5.74) is 5.66. The number of benzene rings is 1. The van der Waals surface area contributed by atoms with Crippen molar-refractivity contribution in [2.45, 2.75) is 37.8 Å². The number of rotatable bonds is 8. The number of hydrogen-bond acceptors (Lipinski definition) is 5. The summed E-state index contributed by atoms with van der Waals surface area (Å²) in [6.07, 6.45) is 0. The van der Waals surface area contributed by atoms with Crippen molar-refractivity contribution >= 4 is 39.7 Å². The smallest absolute Gasteiger partial charge is 0.251 e. The van der Waals surface area contributed by atoms with Gasteiger partial charge in [0.25, 0.3) is 5.91 Å². The Morgan fingerprint density at radius 1 is 1.22 bits per heavy atom. The molecule has 0 saturated carbocycles. The van der Waals surface area contributed by atoms with E-state index in [4.69, 9.17) is 5.73 Å². The van der Waals surface area contributed by atoms with Gasteiger partial charge >= 0.3 is 0 Å². The normalized spacial score (nSPS) is 13.7. The molecule has 2 aromatic rings. The van der Waals surface area contributed by atoms with Crippen LogP contribution in [0.15, 0.2) is 46.7 Å². The van der Waals surface area contributed by atoms with E-state index in [1.165, 1.54) is 35.6 Å². The first-order valence-corrected chi connectivity index (χ1v) is 10.7. The topological polar surface area (TPSA) is 101 Å². The predicted molar refractivity (Wildman–Crippen MR) is 112 cm³/mol. The largest absolute Gasteiger partial charge is 0.345 e. The second-order valence-electron chi connectivity index (χ2n) is 6.66. The zero-order chi connectivity index (χ0) is 19.4. The van der Waals surface area contributed by atoms with Crippen LogP contribution in [0.3, 0.4) is 0 Å². The Labute approximate surface area is 171 Å². The number of carbonyl (C=O) groups is 1. The monoisotopic (exact) mass is 431 g/mol. The summed E-state index contributed by atoms with van der Waals surface area (Å²) in [6.45, 7) is 6.42. The molecule has 0 bridgehead atoms. The van der Waals surface area contributed by atoms with Crippen LogP contribution in [0.2, 0.25) is 0 Å². The number of nitrogens with one attached hydrogen (secondary N) is 2. The number of thiophene rings is 1. The molecule has 6 nitrogen and oxygen atoms in total. The molecular weight excluding hydrogens is 406 g/mol. The summed E-state index contributed by atoms with van der Waals surface area (Å²) in [4.78, 5) is 13.5. The highest BCUT2D eigenvalue weighted by atomic mass is 35.5. The van der Waals surface area contributed by atoms with E-state index >= 15 is 0 Å². The third-order valence-corrected chi connectivity index (χ3v) is 6.83. The molecule has 0 aliphatic carbocycles. The van der Waals surface area contributed by atoms with Crippen LogP contribution in [-0.2, 0) is 16.6 Å². The van der Waals surface area contributed by atoms with Gasteiger partial charge in [-0.3, -0.25) is 4.79 Å². The molecule has 2 rings (SSSR count). The molecule has 1 aromatic carbocycles. The number of carbonyl (C=O) groups excluding carboxylic acids is 1. The average Bonchev–Trinajstić information content (AvgIpc) is 3.13. The first-order valence-electron chi connectivity index (χ1n) is 8.32. The molecule has 1 amide bonds. The van der Waals surface area contributed by atoms with E-state index in [2.05, 4.69) is 10.0 Å². The molecular formula is C18H26ClN3O3S2. The third kappa shape index (κ3) is 6.02. The second kappa shape index (κ2) is 9.66. The van der Waals surface area contributed by atoms with E-state index in [-0.39, 0.29) is 35.7 Å². The van der Waals surface area contributed by atoms with Crippen molar-refractivity contribution in [2.24, 2.45) is 11.7 Å². The van der Waals surface area contributed by atoms with Crippen LogP contribution in [0.1, 0.15) is 36.0 Å². The van der Waals surface area contributed by atoms with E-state index in [9.17, 15) is 13.2 Å². The van der Waals surface area contributed by atoms with Gasteiger partial charge in [-0.2, -0.15) is 0 Å². The maximum atomic E-state index is 12.4. The number of sulfonamides is 1. The first-order chi connectivity index (χ1) is 12.2. The van der Waals surface area contributed by atoms with Crippen LogP contribution in [0, 0.1) is 5.92 Å². The van der Waals surface area contributed by atoms with Gasteiger partial charge in [0.2, 0.25) is 10.0 Å². The molecule has 9 heteroatoms. The lowest BCUT2D eigenvalue weighted by atomic mass is 9.88. The summed E-state index contributed by atoms with van der Waals surface area (Å²) in [6, 6.07) is 9.61. The van der Waals surface area contributed by atoms with Crippen molar-refractivity contribution < 1.29 is 13.2 Å². The molecule has 1 unspecified atom stereocenters. The molecule has 4 N–H and O–H groups in total. The van der Waals surface area contributed by atoms with Crippen molar-refractivity contribution in [3.05, 3.63) is 52.2 Å². The summed E-state index contributed by atoms with van der Waals surface area (Å²) in [7, 11) is -3.63. The van der Waals surface area contributed by atoms with Crippen LogP contribution in [0.25, 0.3) is 0 Å². The number of nitrogens with two attached hydrogens (primary N) is 1. The molecule has 0 spiro atoms. The Bertz CT molecular complexity index is 837. The van der Waals surface area contributed by atoms with Crippen LogP contribution < -0.4 is 15.8 Å².